The Hall–Kier alpha value is -2.91. The van der Waals surface area contributed by atoms with Crippen LogP contribution in [0, 0.1) is 18.3 Å². The van der Waals surface area contributed by atoms with Gasteiger partial charge in [-0.05, 0) is 31.4 Å². The van der Waals surface area contributed by atoms with Gasteiger partial charge in [-0.25, -0.2) is 4.98 Å². The highest BCUT2D eigenvalue weighted by molar-refractivity contribution is 5.77. The highest BCUT2D eigenvalue weighted by atomic mass is 16.5. The average Bonchev–Trinajstić information content (AvgIpc) is 2.76. The van der Waals surface area contributed by atoms with Crippen molar-refractivity contribution >= 4 is 11.7 Å². The maximum Gasteiger partial charge on any atom is 0.225 e. The molecule has 6 heteroatoms. The van der Waals surface area contributed by atoms with Gasteiger partial charge in [0.05, 0.1) is 24.3 Å². The molecular weight excluding hydrogens is 388 g/mol. The number of nitrogens with zero attached hydrogens (tertiary/aromatic N) is 4. The summed E-state index contributed by atoms with van der Waals surface area (Å²) in [5, 5.41) is 9.91. The Morgan fingerprint density at radius 1 is 1.32 bits per heavy atom. The van der Waals surface area contributed by atoms with E-state index in [2.05, 4.69) is 49.9 Å². The summed E-state index contributed by atoms with van der Waals surface area (Å²) < 4.78 is 5.05. The molecule has 0 aliphatic carbocycles. The van der Waals surface area contributed by atoms with Gasteiger partial charge < -0.3 is 14.5 Å². The van der Waals surface area contributed by atoms with Crippen LogP contribution < -0.4 is 4.90 Å². The van der Waals surface area contributed by atoms with Crippen molar-refractivity contribution in [3.05, 3.63) is 47.2 Å². The van der Waals surface area contributed by atoms with E-state index in [-0.39, 0.29) is 17.9 Å². The van der Waals surface area contributed by atoms with Gasteiger partial charge in [0.25, 0.3) is 0 Å². The second-order valence-electron chi connectivity index (χ2n) is 8.55. The summed E-state index contributed by atoms with van der Waals surface area (Å²) >= 11 is 0. The number of piperazine rings is 1. The smallest absolute Gasteiger partial charge is 0.225 e. The lowest BCUT2D eigenvalue weighted by atomic mass is 9.95. The zero-order chi connectivity index (χ0) is 22.5. The van der Waals surface area contributed by atoms with Crippen molar-refractivity contribution in [2.24, 2.45) is 0 Å². The van der Waals surface area contributed by atoms with E-state index < -0.39 is 0 Å². The summed E-state index contributed by atoms with van der Waals surface area (Å²) in [6.45, 7) is 10.7. The SMILES string of the molecule is COCCC(=O)N1CCN(c2nc(C(C)C)c(-c3cccc(C)c3)cc2C#N)C[C@H]1C. The van der Waals surface area contributed by atoms with E-state index in [9.17, 15) is 10.1 Å². The molecular formula is C25H32N4O2. The number of hydrogen-bond donors (Lipinski definition) is 0. The number of anilines is 1. The third kappa shape index (κ3) is 5.05. The van der Waals surface area contributed by atoms with Crippen molar-refractivity contribution in [1.82, 2.24) is 9.88 Å². The van der Waals surface area contributed by atoms with Crippen molar-refractivity contribution in [2.75, 3.05) is 38.3 Å². The molecule has 1 aliphatic heterocycles. The zero-order valence-electron chi connectivity index (χ0n) is 19.2. The fraction of sp³-hybridized carbons (Fsp3) is 0.480. The minimum Gasteiger partial charge on any atom is -0.384 e. The number of amides is 1. The Labute approximate surface area is 185 Å². The third-order valence-corrected chi connectivity index (χ3v) is 5.80. The number of benzene rings is 1. The summed E-state index contributed by atoms with van der Waals surface area (Å²) in [4.78, 5) is 21.5. The number of nitriles is 1. The molecule has 1 aromatic heterocycles. The van der Waals surface area contributed by atoms with Crippen LogP contribution in [-0.4, -0.2) is 55.2 Å². The van der Waals surface area contributed by atoms with Gasteiger partial charge in [0.15, 0.2) is 0 Å². The van der Waals surface area contributed by atoms with Crippen LogP contribution in [0.1, 0.15) is 49.9 Å². The number of carbonyl (C=O) groups excluding carboxylic acids is 1. The highest BCUT2D eigenvalue weighted by Crippen LogP contribution is 2.33. The number of hydrogen-bond acceptors (Lipinski definition) is 5. The molecule has 1 aliphatic rings. The predicted octanol–water partition coefficient (Wildman–Crippen LogP) is 4.13. The Balaban J connectivity index is 1.93. The van der Waals surface area contributed by atoms with E-state index in [1.54, 1.807) is 7.11 Å². The summed E-state index contributed by atoms with van der Waals surface area (Å²) in [5.41, 5.74) is 4.85. The Morgan fingerprint density at radius 2 is 2.10 bits per heavy atom. The van der Waals surface area contributed by atoms with Crippen molar-refractivity contribution in [3.63, 3.8) is 0 Å². The van der Waals surface area contributed by atoms with Gasteiger partial charge in [0.2, 0.25) is 5.91 Å². The maximum atomic E-state index is 12.5. The van der Waals surface area contributed by atoms with Crippen LogP contribution in [0.2, 0.25) is 0 Å². The van der Waals surface area contributed by atoms with Crippen molar-refractivity contribution in [1.29, 1.82) is 5.26 Å². The number of aromatic nitrogens is 1. The second kappa shape index (κ2) is 9.93. The van der Waals surface area contributed by atoms with Crippen LogP contribution in [0.3, 0.4) is 0 Å². The van der Waals surface area contributed by atoms with Gasteiger partial charge in [-0.1, -0.05) is 43.7 Å². The van der Waals surface area contributed by atoms with Gasteiger partial charge in [0.1, 0.15) is 11.9 Å². The lowest BCUT2D eigenvalue weighted by Crippen LogP contribution is -2.54. The topological polar surface area (TPSA) is 69.5 Å². The standard InChI is InChI=1S/C25H32N4O2/c1-17(2)24-22(20-8-6-7-18(3)13-20)14-21(15-26)25(27-24)28-10-11-29(19(4)16-28)23(30)9-12-31-5/h6-8,13-14,17,19H,9-12,16H2,1-5H3/t19-/m1/s1. The normalized spacial score (nSPS) is 16.5. The van der Waals surface area contributed by atoms with Crippen molar-refractivity contribution in [3.8, 4) is 17.2 Å². The number of ether oxygens (including phenoxy) is 1. The summed E-state index contributed by atoms with van der Waals surface area (Å²) in [5.74, 6) is 1.05. The van der Waals surface area contributed by atoms with Gasteiger partial charge in [-0.2, -0.15) is 5.26 Å². The first-order chi connectivity index (χ1) is 14.8. The first-order valence-electron chi connectivity index (χ1n) is 10.9. The van der Waals surface area contributed by atoms with E-state index in [1.807, 2.05) is 24.0 Å². The minimum atomic E-state index is 0.0467. The fourth-order valence-corrected chi connectivity index (χ4v) is 4.18. The molecule has 0 bridgehead atoms. The molecule has 164 valence electrons. The summed E-state index contributed by atoms with van der Waals surface area (Å²) in [6, 6.07) is 12.7. The number of aryl methyl sites for hydroxylation is 1. The Morgan fingerprint density at radius 3 is 2.71 bits per heavy atom. The first kappa shape index (κ1) is 22.8. The van der Waals surface area contributed by atoms with Gasteiger partial charge >= 0.3 is 0 Å². The lowest BCUT2D eigenvalue weighted by molar-refractivity contribution is -0.134. The van der Waals surface area contributed by atoms with E-state index in [1.165, 1.54) is 5.56 Å². The second-order valence-corrected chi connectivity index (χ2v) is 8.55. The molecule has 3 rings (SSSR count). The van der Waals surface area contributed by atoms with E-state index in [0.717, 1.165) is 22.6 Å². The molecule has 1 aromatic carbocycles. The molecule has 1 amide bonds. The van der Waals surface area contributed by atoms with Crippen LogP contribution in [0.25, 0.3) is 11.1 Å². The number of pyridine rings is 1. The van der Waals surface area contributed by atoms with Gasteiger partial charge in [0, 0.05) is 38.3 Å². The van der Waals surface area contributed by atoms with Gasteiger partial charge in [-0.3, -0.25) is 4.79 Å². The Kier molecular flexibility index (Phi) is 7.29. The molecule has 1 fully saturated rings. The zero-order valence-corrected chi connectivity index (χ0v) is 19.2. The predicted molar refractivity (Wildman–Crippen MR) is 123 cm³/mol. The molecule has 0 spiro atoms. The van der Waals surface area contributed by atoms with Crippen molar-refractivity contribution < 1.29 is 9.53 Å². The first-order valence-corrected chi connectivity index (χ1v) is 10.9. The minimum absolute atomic E-state index is 0.0467. The molecule has 2 aromatic rings. The molecule has 6 nitrogen and oxygen atoms in total. The lowest BCUT2D eigenvalue weighted by Gasteiger charge is -2.41. The number of carbonyl (C=O) groups is 1. The average molecular weight is 421 g/mol. The summed E-state index contributed by atoms with van der Waals surface area (Å²) in [6.07, 6.45) is 0.394. The van der Waals surface area contributed by atoms with Crippen LogP contribution in [0.4, 0.5) is 5.82 Å². The fourth-order valence-electron chi connectivity index (χ4n) is 4.18. The van der Waals surface area contributed by atoms with Gasteiger partial charge in [-0.15, -0.1) is 0 Å². The molecule has 0 radical (unpaired) electrons. The molecule has 2 heterocycles. The quantitative estimate of drug-likeness (QED) is 0.703. The maximum absolute atomic E-state index is 12.5. The van der Waals surface area contributed by atoms with Crippen LogP contribution in [0.15, 0.2) is 30.3 Å². The van der Waals surface area contributed by atoms with E-state index in [0.29, 0.717) is 38.2 Å². The molecule has 1 saturated heterocycles. The molecule has 0 saturated carbocycles. The highest BCUT2D eigenvalue weighted by Gasteiger charge is 2.29. The van der Waals surface area contributed by atoms with Crippen LogP contribution in [-0.2, 0) is 9.53 Å². The number of methoxy groups -OCH3 is 1. The monoisotopic (exact) mass is 420 g/mol. The third-order valence-electron chi connectivity index (χ3n) is 5.80. The largest absolute Gasteiger partial charge is 0.384 e. The summed E-state index contributed by atoms with van der Waals surface area (Å²) in [7, 11) is 1.61. The molecule has 0 N–H and O–H groups in total. The van der Waals surface area contributed by atoms with E-state index >= 15 is 0 Å². The number of rotatable bonds is 6. The van der Waals surface area contributed by atoms with E-state index in [4.69, 9.17) is 9.72 Å². The Bertz CT molecular complexity index is 980. The van der Waals surface area contributed by atoms with Crippen molar-refractivity contribution in [2.45, 2.75) is 46.1 Å². The molecule has 0 unspecified atom stereocenters. The molecule has 31 heavy (non-hydrogen) atoms. The van der Waals surface area contributed by atoms with Crippen LogP contribution in [0.5, 0.6) is 0 Å². The molecule has 1 atom stereocenters. The van der Waals surface area contributed by atoms with Crippen LogP contribution >= 0.6 is 0 Å².